The smallest absolute Gasteiger partial charge is 0.309 e. The number of benzene rings is 1. The Morgan fingerprint density at radius 1 is 1.25 bits per heavy atom. The predicted octanol–water partition coefficient (Wildman–Crippen LogP) is 2.21. The Labute approximate surface area is 95.6 Å². The number of ether oxygens (including phenoxy) is 1. The van der Waals surface area contributed by atoms with Crippen molar-refractivity contribution in [3.05, 3.63) is 35.4 Å². The molecule has 2 nitrogen and oxygen atoms in total. The van der Waals surface area contributed by atoms with Crippen molar-refractivity contribution in [1.82, 2.24) is 0 Å². The van der Waals surface area contributed by atoms with Gasteiger partial charge in [-0.15, -0.1) is 0 Å². The van der Waals surface area contributed by atoms with Gasteiger partial charge >= 0.3 is 5.97 Å². The van der Waals surface area contributed by atoms with Crippen molar-refractivity contribution in [3.63, 3.8) is 0 Å². The lowest BCUT2D eigenvalue weighted by molar-refractivity contribution is -0.145. The minimum absolute atomic E-state index is 0.0188. The van der Waals surface area contributed by atoms with Crippen molar-refractivity contribution in [2.24, 2.45) is 17.8 Å². The standard InChI is InChI=1S/C14H16O2/c1-2-16-14(15)13-11-7-9-5-3-4-6-10(9)8-12(11)13/h3-6,11-13H,2,7-8H2,1H3/t11-,12-/m0/s1. The molecule has 16 heavy (non-hydrogen) atoms. The molecule has 3 rings (SSSR count). The molecule has 0 aliphatic heterocycles. The van der Waals surface area contributed by atoms with Crippen LogP contribution < -0.4 is 0 Å². The van der Waals surface area contributed by atoms with Crippen molar-refractivity contribution < 1.29 is 9.53 Å². The second-order valence-corrected chi connectivity index (χ2v) is 4.78. The van der Waals surface area contributed by atoms with E-state index < -0.39 is 0 Å². The Bertz CT molecular complexity index is 393. The quantitative estimate of drug-likeness (QED) is 0.708. The number of esters is 1. The number of rotatable bonds is 2. The molecular formula is C14H16O2. The second kappa shape index (κ2) is 3.62. The van der Waals surface area contributed by atoms with Crippen molar-refractivity contribution in [2.45, 2.75) is 19.8 Å². The fourth-order valence-electron chi connectivity index (χ4n) is 3.05. The van der Waals surface area contributed by atoms with E-state index in [9.17, 15) is 4.79 Å². The lowest BCUT2D eigenvalue weighted by atomic mass is 9.92. The summed E-state index contributed by atoms with van der Waals surface area (Å²) in [5.74, 6) is 1.29. The molecule has 1 fully saturated rings. The summed E-state index contributed by atoms with van der Waals surface area (Å²) in [4.78, 5) is 11.7. The van der Waals surface area contributed by atoms with E-state index in [0.29, 0.717) is 18.4 Å². The van der Waals surface area contributed by atoms with E-state index in [2.05, 4.69) is 24.3 Å². The summed E-state index contributed by atoms with van der Waals surface area (Å²) in [5, 5.41) is 0. The van der Waals surface area contributed by atoms with Crippen LogP contribution in [0.25, 0.3) is 0 Å². The lowest BCUT2D eigenvalue weighted by Crippen LogP contribution is -2.08. The molecule has 1 aromatic carbocycles. The number of hydrogen-bond acceptors (Lipinski definition) is 2. The molecule has 2 heteroatoms. The molecule has 0 amide bonds. The molecular weight excluding hydrogens is 200 g/mol. The van der Waals surface area contributed by atoms with E-state index in [1.54, 1.807) is 0 Å². The highest BCUT2D eigenvalue weighted by Crippen LogP contribution is 2.54. The molecule has 84 valence electrons. The number of hydrogen-bond donors (Lipinski definition) is 0. The summed E-state index contributed by atoms with van der Waals surface area (Å²) in [7, 11) is 0. The predicted molar refractivity (Wildman–Crippen MR) is 61.0 cm³/mol. The van der Waals surface area contributed by atoms with Gasteiger partial charge in [-0.05, 0) is 42.7 Å². The molecule has 0 unspecified atom stereocenters. The minimum atomic E-state index is 0.0188. The van der Waals surface area contributed by atoms with E-state index in [0.717, 1.165) is 12.8 Å². The van der Waals surface area contributed by atoms with Gasteiger partial charge in [0, 0.05) is 0 Å². The first-order valence-corrected chi connectivity index (χ1v) is 6.04. The lowest BCUT2D eigenvalue weighted by Gasteiger charge is -2.13. The van der Waals surface area contributed by atoms with Crippen LogP contribution in [0.15, 0.2) is 24.3 Å². The molecule has 1 aromatic rings. The zero-order valence-corrected chi connectivity index (χ0v) is 9.48. The van der Waals surface area contributed by atoms with Crippen LogP contribution in [0.4, 0.5) is 0 Å². The zero-order chi connectivity index (χ0) is 11.1. The number of carbonyl (C=O) groups excluding carboxylic acids is 1. The van der Waals surface area contributed by atoms with Gasteiger partial charge in [0.2, 0.25) is 0 Å². The fraction of sp³-hybridized carbons (Fsp3) is 0.500. The average Bonchev–Trinajstić information content (AvgIpc) is 2.99. The van der Waals surface area contributed by atoms with Gasteiger partial charge in [0.15, 0.2) is 0 Å². The van der Waals surface area contributed by atoms with E-state index in [1.165, 1.54) is 11.1 Å². The minimum Gasteiger partial charge on any atom is -0.466 e. The Balaban J connectivity index is 1.75. The van der Waals surface area contributed by atoms with Gasteiger partial charge in [-0.3, -0.25) is 4.79 Å². The van der Waals surface area contributed by atoms with Crippen LogP contribution in [0, 0.1) is 17.8 Å². The van der Waals surface area contributed by atoms with Gasteiger partial charge in [-0.25, -0.2) is 0 Å². The molecule has 0 saturated heterocycles. The van der Waals surface area contributed by atoms with Crippen LogP contribution in [0.2, 0.25) is 0 Å². The number of fused-ring (bicyclic) bond motifs is 2. The van der Waals surface area contributed by atoms with Crippen LogP contribution in [-0.2, 0) is 22.4 Å². The van der Waals surface area contributed by atoms with Crippen LogP contribution in [-0.4, -0.2) is 12.6 Å². The molecule has 2 aliphatic rings. The van der Waals surface area contributed by atoms with Crippen LogP contribution in [0.5, 0.6) is 0 Å². The molecule has 2 aliphatic carbocycles. The molecule has 0 radical (unpaired) electrons. The van der Waals surface area contributed by atoms with Crippen molar-refractivity contribution in [2.75, 3.05) is 6.61 Å². The topological polar surface area (TPSA) is 26.3 Å². The molecule has 0 bridgehead atoms. The van der Waals surface area contributed by atoms with E-state index in [1.807, 2.05) is 6.92 Å². The second-order valence-electron chi connectivity index (χ2n) is 4.78. The Morgan fingerprint density at radius 3 is 2.31 bits per heavy atom. The molecule has 1 saturated carbocycles. The Hall–Kier alpha value is -1.31. The molecule has 0 heterocycles. The molecule has 0 spiro atoms. The average molecular weight is 216 g/mol. The van der Waals surface area contributed by atoms with E-state index >= 15 is 0 Å². The first-order valence-electron chi connectivity index (χ1n) is 6.04. The highest BCUT2D eigenvalue weighted by molar-refractivity contribution is 5.77. The van der Waals surface area contributed by atoms with Gasteiger partial charge in [0.1, 0.15) is 0 Å². The third-order valence-corrected chi connectivity index (χ3v) is 3.92. The maximum Gasteiger partial charge on any atom is 0.309 e. The van der Waals surface area contributed by atoms with E-state index in [-0.39, 0.29) is 11.9 Å². The van der Waals surface area contributed by atoms with Crippen molar-refractivity contribution in [1.29, 1.82) is 0 Å². The maximum atomic E-state index is 11.7. The molecule has 2 atom stereocenters. The summed E-state index contributed by atoms with van der Waals surface area (Å²) in [6.45, 7) is 2.38. The summed E-state index contributed by atoms with van der Waals surface area (Å²) >= 11 is 0. The zero-order valence-electron chi connectivity index (χ0n) is 9.48. The van der Waals surface area contributed by atoms with E-state index in [4.69, 9.17) is 4.74 Å². The third kappa shape index (κ3) is 1.44. The monoisotopic (exact) mass is 216 g/mol. The first kappa shape index (κ1) is 9.88. The van der Waals surface area contributed by atoms with Gasteiger partial charge in [0.25, 0.3) is 0 Å². The maximum absolute atomic E-state index is 11.7. The summed E-state index contributed by atoms with van der Waals surface area (Å²) in [6, 6.07) is 8.54. The summed E-state index contributed by atoms with van der Waals surface area (Å²) in [5.41, 5.74) is 2.85. The summed E-state index contributed by atoms with van der Waals surface area (Å²) in [6.07, 6.45) is 2.12. The van der Waals surface area contributed by atoms with Gasteiger partial charge in [-0.2, -0.15) is 0 Å². The van der Waals surface area contributed by atoms with Gasteiger partial charge < -0.3 is 4.74 Å². The Kier molecular flexibility index (Phi) is 2.23. The van der Waals surface area contributed by atoms with Crippen molar-refractivity contribution in [3.8, 4) is 0 Å². The fourth-order valence-corrected chi connectivity index (χ4v) is 3.05. The van der Waals surface area contributed by atoms with Gasteiger partial charge in [-0.1, -0.05) is 24.3 Å². The van der Waals surface area contributed by atoms with Crippen LogP contribution in [0.3, 0.4) is 0 Å². The Morgan fingerprint density at radius 2 is 1.81 bits per heavy atom. The third-order valence-electron chi connectivity index (χ3n) is 3.92. The largest absolute Gasteiger partial charge is 0.466 e. The highest BCUT2D eigenvalue weighted by Gasteiger charge is 2.56. The normalized spacial score (nSPS) is 30.2. The first-order chi connectivity index (χ1) is 7.81. The number of carbonyl (C=O) groups is 1. The molecule has 0 N–H and O–H groups in total. The highest BCUT2D eigenvalue weighted by atomic mass is 16.5. The SMILES string of the molecule is CCOC(=O)C1[C@H]2Cc3ccccc3C[C@H]12. The van der Waals surface area contributed by atoms with Crippen LogP contribution in [0.1, 0.15) is 18.1 Å². The van der Waals surface area contributed by atoms with Crippen molar-refractivity contribution >= 4 is 5.97 Å². The molecule has 0 aromatic heterocycles. The summed E-state index contributed by atoms with van der Waals surface area (Å²) < 4.78 is 5.12. The van der Waals surface area contributed by atoms with Gasteiger partial charge in [0.05, 0.1) is 12.5 Å². The van der Waals surface area contributed by atoms with Crippen LogP contribution >= 0.6 is 0 Å².